The normalized spacial score (nSPS) is 9.62. The molecule has 0 saturated carbocycles. The predicted molar refractivity (Wildman–Crippen MR) is 41.9 cm³/mol. The molecule has 0 N–H and O–H groups in total. The minimum Gasteiger partial charge on any atom is -0.398 e. The first-order valence-corrected chi connectivity index (χ1v) is 3.08. The topological polar surface area (TPSA) is 21.6 Å². The molecule has 0 aliphatic carbocycles. The van der Waals surface area contributed by atoms with E-state index < -0.39 is 0 Å². The summed E-state index contributed by atoms with van der Waals surface area (Å²) in [6.07, 6.45) is 0. The van der Waals surface area contributed by atoms with Crippen molar-refractivity contribution in [2.75, 3.05) is 7.11 Å². The van der Waals surface area contributed by atoms with Gasteiger partial charge in [-0.1, -0.05) is 5.16 Å². The number of halogens is 1. The summed E-state index contributed by atoms with van der Waals surface area (Å²) in [5.41, 5.74) is 0.696. The largest absolute Gasteiger partial charge is 0.398 e. The average molecular weight is 223 g/mol. The van der Waals surface area contributed by atoms with Gasteiger partial charge in [-0.05, 0) is 16.8 Å². The Hall–Kier alpha value is -0.240. The van der Waals surface area contributed by atoms with Crippen LogP contribution < -0.4 is 0 Å². The number of rotatable bonds is 1. The molecule has 0 saturated heterocycles. The summed E-state index contributed by atoms with van der Waals surface area (Å²) in [4.78, 5) is 4.44. The number of oxime groups is 1. The second-order valence-electron chi connectivity index (χ2n) is 1.08. The number of hydrogen-bond acceptors (Lipinski definition) is 2. The molecule has 0 amide bonds. The summed E-state index contributed by atoms with van der Waals surface area (Å²) in [5, 5.41) is 3.55. The predicted octanol–water partition coefficient (Wildman–Crippen LogP) is 1.40. The average Bonchev–Trinajstić information content (AvgIpc) is 1.68. The van der Waals surface area contributed by atoms with E-state index in [1.165, 1.54) is 7.11 Å². The Morgan fingerprint density at radius 3 is 2.75 bits per heavy atom. The maximum absolute atomic E-state index is 4.44. The molecule has 0 radical (unpaired) electrons. The highest BCUT2D eigenvalue weighted by Gasteiger charge is 1.77. The van der Waals surface area contributed by atoms with E-state index in [0.717, 1.165) is 0 Å². The molecule has 0 bridgehead atoms. The second-order valence-corrected chi connectivity index (χ2v) is 1.62. The van der Waals surface area contributed by atoms with E-state index in [1.54, 1.807) is 6.92 Å². The van der Waals surface area contributed by atoms with Gasteiger partial charge in [-0.25, -0.2) is 0 Å². The Bertz CT molecular complexity index is 142. The molecule has 0 spiro atoms. The van der Waals surface area contributed by atoms with Crippen molar-refractivity contribution >= 4 is 28.3 Å². The summed E-state index contributed by atoms with van der Waals surface area (Å²) < 4.78 is 2.66. The van der Waals surface area contributed by atoms with Crippen LogP contribution in [0.4, 0.5) is 0 Å². The standard InChI is InChI=1S/C5H6INO/c1-5(3-4-6)7-8-2/h1-2H3/b7-5+. The zero-order chi connectivity index (χ0) is 6.41. The zero-order valence-corrected chi connectivity index (χ0v) is 6.89. The van der Waals surface area contributed by atoms with E-state index in [0.29, 0.717) is 5.71 Å². The molecule has 0 aromatic rings. The third kappa shape index (κ3) is 3.93. The highest BCUT2D eigenvalue weighted by molar-refractivity contribution is 14.1. The van der Waals surface area contributed by atoms with Gasteiger partial charge in [0.15, 0.2) is 0 Å². The van der Waals surface area contributed by atoms with Crippen LogP contribution in [0.1, 0.15) is 6.92 Å². The first-order chi connectivity index (χ1) is 3.81. The van der Waals surface area contributed by atoms with Gasteiger partial charge in [-0.15, -0.1) is 0 Å². The Morgan fingerprint density at radius 2 is 2.38 bits per heavy atom. The van der Waals surface area contributed by atoms with Crippen LogP contribution in [0.15, 0.2) is 5.16 Å². The Labute approximate surface area is 62.4 Å². The molecule has 8 heavy (non-hydrogen) atoms. The quantitative estimate of drug-likeness (QED) is 0.285. The van der Waals surface area contributed by atoms with Crippen LogP contribution in [0.25, 0.3) is 0 Å². The summed E-state index contributed by atoms with van der Waals surface area (Å²) in [5.74, 6) is 2.71. The van der Waals surface area contributed by atoms with Gasteiger partial charge in [-0.3, -0.25) is 0 Å². The van der Waals surface area contributed by atoms with Gasteiger partial charge in [-0.2, -0.15) is 0 Å². The summed E-state index contributed by atoms with van der Waals surface area (Å²) in [6.45, 7) is 1.79. The van der Waals surface area contributed by atoms with Crippen LogP contribution >= 0.6 is 22.6 Å². The Balaban J connectivity index is 3.74. The maximum Gasteiger partial charge on any atom is 0.127 e. The molecule has 0 fully saturated rings. The first kappa shape index (κ1) is 7.76. The molecular formula is C5H6INO. The summed E-state index contributed by atoms with van der Waals surface area (Å²) in [7, 11) is 1.50. The van der Waals surface area contributed by atoms with Gasteiger partial charge < -0.3 is 4.84 Å². The molecule has 3 heteroatoms. The van der Waals surface area contributed by atoms with E-state index in [1.807, 2.05) is 22.6 Å². The molecule has 0 heterocycles. The van der Waals surface area contributed by atoms with Gasteiger partial charge >= 0.3 is 0 Å². The number of hydrogen-bond donors (Lipinski definition) is 0. The van der Waals surface area contributed by atoms with Crippen LogP contribution in [0, 0.1) is 9.85 Å². The lowest BCUT2D eigenvalue weighted by Crippen LogP contribution is -1.84. The smallest absolute Gasteiger partial charge is 0.127 e. The zero-order valence-electron chi connectivity index (χ0n) is 4.73. The fourth-order valence-corrected chi connectivity index (χ4v) is 0.618. The van der Waals surface area contributed by atoms with Crippen molar-refractivity contribution in [1.82, 2.24) is 0 Å². The van der Waals surface area contributed by atoms with E-state index in [9.17, 15) is 0 Å². The van der Waals surface area contributed by atoms with Crippen molar-refractivity contribution in [1.29, 1.82) is 0 Å². The van der Waals surface area contributed by atoms with E-state index in [-0.39, 0.29) is 0 Å². The van der Waals surface area contributed by atoms with Gasteiger partial charge in [0.25, 0.3) is 0 Å². The van der Waals surface area contributed by atoms with Crippen molar-refractivity contribution in [2.24, 2.45) is 5.16 Å². The highest BCUT2D eigenvalue weighted by Crippen LogP contribution is 1.77. The second kappa shape index (κ2) is 4.91. The lowest BCUT2D eigenvalue weighted by atomic mass is 10.5. The molecular weight excluding hydrogens is 217 g/mol. The van der Waals surface area contributed by atoms with Crippen LogP contribution in [0.5, 0.6) is 0 Å². The van der Waals surface area contributed by atoms with E-state index >= 15 is 0 Å². The Morgan fingerprint density at radius 1 is 1.75 bits per heavy atom. The molecule has 2 nitrogen and oxygen atoms in total. The molecule has 0 aliphatic rings. The van der Waals surface area contributed by atoms with Gasteiger partial charge in [0, 0.05) is 22.6 Å². The SMILES string of the molecule is CO/N=C(\C)C#CI. The third-order valence-electron chi connectivity index (χ3n) is 0.456. The van der Waals surface area contributed by atoms with Gasteiger partial charge in [0.2, 0.25) is 0 Å². The fraction of sp³-hybridized carbons (Fsp3) is 0.400. The van der Waals surface area contributed by atoms with Crippen molar-refractivity contribution in [2.45, 2.75) is 6.92 Å². The third-order valence-corrected chi connectivity index (χ3v) is 0.726. The molecule has 0 atom stereocenters. The molecule has 0 unspecified atom stereocenters. The van der Waals surface area contributed by atoms with Gasteiger partial charge in [0.1, 0.15) is 12.8 Å². The minimum absolute atomic E-state index is 0.696. The van der Waals surface area contributed by atoms with Crippen LogP contribution in [-0.4, -0.2) is 12.8 Å². The van der Waals surface area contributed by atoms with E-state index in [2.05, 4.69) is 19.8 Å². The molecule has 0 aromatic heterocycles. The lowest BCUT2D eigenvalue weighted by molar-refractivity contribution is 0.214. The van der Waals surface area contributed by atoms with Crippen molar-refractivity contribution in [3.8, 4) is 9.85 Å². The fourth-order valence-electron chi connectivity index (χ4n) is 0.228. The van der Waals surface area contributed by atoms with Crippen LogP contribution in [0.3, 0.4) is 0 Å². The molecule has 0 aliphatic heterocycles. The monoisotopic (exact) mass is 223 g/mol. The van der Waals surface area contributed by atoms with Crippen LogP contribution in [0.2, 0.25) is 0 Å². The van der Waals surface area contributed by atoms with Crippen molar-refractivity contribution in [3.05, 3.63) is 0 Å². The lowest BCUT2D eigenvalue weighted by Gasteiger charge is -1.83. The van der Waals surface area contributed by atoms with E-state index in [4.69, 9.17) is 0 Å². The molecule has 0 aromatic carbocycles. The van der Waals surface area contributed by atoms with Crippen molar-refractivity contribution < 1.29 is 4.84 Å². The highest BCUT2D eigenvalue weighted by atomic mass is 127. The maximum atomic E-state index is 4.44. The Kier molecular flexibility index (Phi) is 4.76. The van der Waals surface area contributed by atoms with Crippen LogP contribution in [-0.2, 0) is 4.84 Å². The molecule has 44 valence electrons. The number of nitrogens with zero attached hydrogens (tertiary/aromatic N) is 1. The first-order valence-electron chi connectivity index (χ1n) is 2.00. The van der Waals surface area contributed by atoms with Crippen molar-refractivity contribution in [3.63, 3.8) is 0 Å². The summed E-state index contributed by atoms with van der Waals surface area (Å²) in [6, 6.07) is 0. The minimum atomic E-state index is 0.696. The summed E-state index contributed by atoms with van der Waals surface area (Å²) >= 11 is 1.94. The van der Waals surface area contributed by atoms with Gasteiger partial charge in [0.05, 0.1) is 0 Å². The molecule has 0 rings (SSSR count).